The molecule has 1 aliphatic rings. The van der Waals surface area contributed by atoms with Crippen LogP contribution < -0.4 is 15.0 Å². The first-order chi connectivity index (χ1) is 14.9. The number of piperidine rings is 1. The molecule has 0 bridgehead atoms. The van der Waals surface area contributed by atoms with Crippen LogP contribution in [0.4, 0.5) is 11.5 Å². The molecule has 0 unspecified atom stereocenters. The van der Waals surface area contributed by atoms with E-state index in [2.05, 4.69) is 23.2 Å². The summed E-state index contributed by atoms with van der Waals surface area (Å²) in [6.45, 7) is 5.87. The Bertz CT molecular complexity index is 1110. The Morgan fingerprint density at radius 3 is 2.61 bits per heavy atom. The maximum absolute atomic E-state index is 12.6. The van der Waals surface area contributed by atoms with E-state index in [-0.39, 0.29) is 5.91 Å². The molecule has 0 spiro atoms. The number of carbonyl (C=O) groups excluding carboxylic acids is 1. The Morgan fingerprint density at radius 2 is 1.87 bits per heavy atom. The zero-order valence-corrected chi connectivity index (χ0v) is 19.1. The highest BCUT2D eigenvalue weighted by Crippen LogP contribution is 2.29. The van der Waals surface area contributed by atoms with Crippen molar-refractivity contribution in [2.75, 3.05) is 23.3 Å². The summed E-state index contributed by atoms with van der Waals surface area (Å²) in [6, 6.07) is 12.8. The number of carbonyl (C=O) groups is 1. The number of halogens is 2. The average molecular weight is 458 g/mol. The molecular weight excluding hydrogens is 433 g/mol. The number of hydrogen-bond donors (Lipinski definition) is 1. The number of amides is 1. The molecule has 1 fully saturated rings. The van der Waals surface area contributed by atoms with Gasteiger partial charge in [0.05, 0.1) is 10.5 Å². The minimum Gasteiger partial charge on any atom is -0.479 e. The molecule has 0 radical (unpaired) electrons. The number of hydrogen-bond acceptors (Lipinski definition) is 4. The Hall–Kier alpha value is -2.50. The van der Waals surface area contributed by atoms with Crippen LogP contribution >= 0.6 is 23.2 Å². The SMILES string of the molecule is Cc1cc(N2CCCCC2)nc2ccc(NC(=O)[C@H](C)Oc3ccc(Cl)cc3Cl)cc12. The number of aryl methyl sites for hydroxylation is 1. The standard InChI is InChI=1S/C24H25Cl2N3O2/c1-15-12-23(29-10-4-3-5-11-29)28-21-8-7-18(14-19(15)21)27-24(30)16(2)31-22-9-6-17(25)13-20(22)26/h6-9,12-14,16H,3-5,10-11H2,1-2H3,(H,27,30)/t16-/m0/s1. The monoisotopic (exact) mass is 457 g/mol. The summed E-state index contributed by atoms with van der Waals surface area (Å²) >= 11 is 12.0. The molecule has 1 aliphatic heterocycles. The van der Waals surface area contributed by atoms with Gasteiger partial charge in [0.15, 0.2) is 6.10 Å². The average Bonchev–Trinajstić information content (AvgIpc) is 2.76. The van der Waals surface area contributed by atoms with Crippen LogP contribution in [0.3, 0.4) is 0 Å². The number of nitrogens with one attached hydrogen (secondary N) is 1. The molecule has 3 aromatic rings. The molecule has 1 amide bonds. The van der Waals surface area contributed by atoms with E-state index < -0.39 is 6.10 Å². The van der Waals surface area contributed by atoms with Gasteiger partial charge in [0, 0.05) is 29.2 Å². The van der Waals surface area contributed by atoms with Gasteiger partial charge in [-0.05, 0) is 81.1 Å². The number of ether oxygens (including phenoxy) is 1. The summed E-state index contributed by atoms with van der Waals surface area (Å²) in [7, 11) is 0. The van der Waals surface area contributed by atoms with Crippen LogP contribution in [0.2, 0.25) is 10.0 Å². The topological polar surface area (TPSA) is 54.5 Å². The summed E-state index contributed by atoms with van der Waals surface area (Å²) in [6.07, 6.45) is 2.99. The number of benzene rings is 2. The first-order valence-electron chi connectivity index (χ1n) is 10.5. The highest BCUT2D eigenvalue weighted by atomic mass is 35.5. The second-order valence-electron chi connectivity index (χ2n) is 7.90. The number of fused-ring (bicyclic) bond motifs is 1. The number of anilines is 2. The quantitative estimate of drug-likeness (QED) is 0.491. The van der Waals surface area contributed by atoms with Gasteiger partial charge in [-0.2, -0.15) is 0 Å². The Labute approximate surface area is 192 Å². The van der Waals surface area contributed by atoms with Crippen molar-refractivity contribution in [3.63, 3.8) is 0 Å². The lowest BCUT2D eigenvalue weighted by Gasteiger charge is -2.28. The van der Waals surface area contributed by atoms with E-state index in [4.69, 9.17) is 32.9 Å². The lowest BCUT2D eigenvalue weighted by Crippen LogP contribution is -2.30. The second-order valence-corrected chi connectivity index (χ2v) is 8.74. The third-order valence-corrected chi connectivity index (χ3v) is 6.05. The largest absolute Gasteiger partial charge is 0.479 e. The third-order valence-electron chi connectivity index (χ3n) is 5.52. The minimum atomic E-state index is -0.727. The van der Waals surface area contributed by atoms with Gasteiger partial charge in [0.1, 0.15) is 11.6 Å². The minimum absolute atomic E-state index is 0.263. The number of pyridine rings is 1. The number of nitrogens with zero attached hydrogens (tertiary/aromatic N) is 2. The number of aromatic nitrogens is 1. The molecule has 162 valence electrons. The van der Waals surface area contributed by atoms with E-state index >= 15 is 0 Å². The van der Waals surface area contributed by atoms with Crippen LogP contribution in [0.1, 0.15) is 31.7 Å². The van der Waals surface area contributed by atoms with Crippen LogP contribution in [0, 0.1) is 6.92 Å². The van der Waals surface area contributed by atoms with Crippen LogP contribution in [0.5, 0.6) is 5.75 Å². The van der Waals surface area contributed by atoms with Crippen LogP contribution in [-0.4, -0.2) is 30.1 Å². The zero-order valence-electron chi connectivity index (χ0n) is 17.6. The van der Waals surface area contributed by atoms with Crippen molar-refractivity contribution < 1.29 is 9.53 Å². The molecule has 5 nitrogen and oxygen atoms in total. The maximum atomic E-state index is 12.6. The molecule has 1 saturated heterocycles. The molecule has 1 aromatic heterocycles. The lowest BCUT2D eigenvalue weighted by atomic mass is 10.1. The summed E-state index contributed by atoms with van der Waals surface area (Å²) in [4.78, 5) is 19.9. The highest BCUT2D eigenvalue weighted by Gasteiger charge is 2.18. The van der Waals surface area contributed by atoms with Crippen molar-refractivity contribution in [1.82, 2.24) is 4.98 Å². The van der Waals surface area contributed by atoms with E-state index in [1.54, 1.807) is 25.1 Å². The van der Waals surface area contributed by atoms with Crippen molar-refractivity contribution >= 4 is 51.5 Å². The second kappa shape index (κ2) is 9.33. The summed E-state index contributed by atoms with van der Waals surface area (Å²) < 4.78 is 5.71. The maximum Gasteiger partial charge on any atom is 0.265 e. The Kier molecular flexibility index (Phi) is 6.54. The normalized spacial score (nSPS) is 15.0. The fourth-order valence-corrected chi connectivity index (χ4v) is 4.25. The van der Waals surface area contributed by atoms with Crippen LogP contribution in [0.15, 0.2) is 42.5 Å². The van der Waals surface area contributed by atoms with E-state index in [0.29, 0.717) is 21.5 Å². The molecule has 7 heteroatoms. The third kappa shape index (κ3) is 5.05. The predicted molar refractivity (Wildman–Crippen MR) is 128 cm³/mol. The summed E-state index contributed by atoms with van der Waals surface area (Å²) in [5, 5.41) is 4.82. The fraction of sp³-hybridized carbons (Fsp3) is 0.333. The van der Waals surface area contributed by atoms with Crippen molar-refractivity contribution in [3.8, 4) is 5.75 Å². The van der Waals surface area contributed by atoms with Gasteiger partial charge in [0.2, 0.25) is 0 Å². The van der Waals surface area contributed by atoms with E-state index in [9.17, 15) is 4.79 Å². The van der Waals surface area contributed by atoms with Gasteiger partial charge in [0.25, 0.3) is 5.91 Å². The molecule has 1 atom stereocenters. The molecule has 2 heterocycles. The van der Waals surface area contributed by atoms with Crippen LogP contribution in [0.25, 0.3) is 10.9 Å². The van der Waals surface area contributed by atoms with Gasteiger partial charge >= 0.3 is 0 Å². The molecule has 4 rings (SSSR count). The first kappa shape index (κ1) is 21.7. The Balaban J connectivity index is 1.48. The van der Waals surface area contributed by atoms with Crippen LogP contribution in [-0.2, 0) is 4.79 Å². The lowest BCUT2D eigenvalue weighted by molar-refractivity contribution is -0.122. The summed E-state index contributed by atoms with van der Waals surface area (Å²) in [5.74, 6) is 1.18. The van der Waals surface area contributed by atoms with E-state index in [1.807, 2.05) is 18.2 Å². The van der Waals surface area contributed by atoms with Crippen molar-refractivity contribution in [2.24, 2.45) is 0 Å². The molecule has 2 aromatic carbocycles. The Morgan fingerprint density at radius 1 is 1.10 bits per heavy atom. The summed E-state index contributed by atoms with van der Waals surface area (Å²) in [5.41, 5.74) is 2.76. The number of rotatable bonds is 5. The molecule has 1 N–H and O–H groups in total. The van der Waals surface area contributed by atoms with Gasteiger partial charge in [-0.1, -0.05) is 23.2 Å². The van der Waals surface area contributed by atoms with Gasteiger partial charge in [-0.3, -0.25) is 4.79 Å². The van der Waals surface area contributed by atoms with Gasteiger partial charge in [-0.25, -0.2) is 4.98 Å². The van der Waals surface area contributed by atoms with Crippen molar-refractivity contribution in [3.05, 3.63) is 58.1 Å². The predicted octanol–water partition coefficient (Wildman–Crippen LogP) is 6.25. The van der Waals surface area contributed by atoms with Crippen molar-refractivity contribution in [2.45, 2.75) is 39.2 Å². The van der Waals surface area contributed by atoms with Crippen molar-refractivity contribution in [1.29, 1.82) is 0 Å². The molecule has 0 aliphatic carbocycles. The fourth-order valence-electron chi connectivity index (χ4n) is 3.80. The highest BCUT2D eigenvalue weighted by molar-refractivity contribution is 6.35. The smallest absolute Gasteiger partial charge is 0.265 e. The zero-order chi connectivity index (χ0) is 22.0. The van der Waals surface area contributed by atoms with Gasteiger partial charge < -0.3 is 15.0 Å². The van der Waals surface area contributed by atoms with Gasteiger partial charge in [-0.15, -0.1) is 0 Å². The molecule has 31 heavy (non-hydrogen) atoms. The van der Waals surface area contributed by atoms with E-state index in [0.717, 1.165) is 35.4 Å². The first-order valence-corrected chi connectivity index (χ1v) is 11.3. The molecular formula is C24H25Cl2N3O2. The molecule has 0 saturated carbocycles. The van der Waals surface area contributed by atoms with E-state index in [1.165, 1.54) is 19.3 Å².